The molecule has 0 saturated heterocycles. The molecule has 1 N–H and O–H groups in total. The molecule has 1 heterocycles. The maximum absolute atomic E-state index is 12.5. The van der Waals surface area contributed by atoms with E-state index in [0.29, 0.717) is 5.56 Å². The van der Waals surface area contributed by atoms with E-state index in [1.807, 2.05) is 6.07 Å². The van der Waals surface area contributed by atoms with Crippen molar-refractivity contribution in [3.8, 4) is 6.07 Å². The molecule has 1 amide bonds. The minimum Gasteiger partial charge on any atom is -0.444 e. The van der Waals surface area contributed by atoms with Crippen LogP contribution in [0.15, 0.2) is 18.2 Å². The van der Waals surface area contributed by atoms with E-state index < -0.39 is 35.3 Å². The number of hydrogen-bond acceptors (Lipinski definition) is 6. The number of aliphatic hydroxyl groups is 1. The number of nitriles is 1. The quantitative estimate of drug-likeness (QED) is 0.659. The van der Waals surface area contributed by atoms with Crippen molar-refractivity contribution >= 4 is 6.09 Å². The predicted octanol–water partition coefficient (Wildman–Crippen LogP) is 1.86. The van der Waals surface area contributed by atoms with Crippen LogP contribution >= 0.6 is 0 Å². The summed E-state index contributed by atoms with van der Waals surface area (Å²) in [6, 6.07) is 6.37. The van der Waals surface area contributed by atoms with Gasteiger partial charge >= 0.3 is 6.09 Å². The summed E-state index contributed by atoms with van der Waals surface area (Å²) in [6.45, 7) is 4.63. The van der Waals surface area contributed by atoms with Crippen molar-refractivity contribution in [3.05, 3.63) is 45.0 Å². The summed E-state index contributed by atoms with van der Waals surface area (Å²) < 4.78 is 5.38. The molecule has 0 saturated carbocycles. The Kier molecular flexibility index (Phi) is 5.28. The molecule has 8 heteroatoms. The molecule has 1 aromatic rings. The van der Waals surface area contributed by atoms with Gasteiger partial charge in [-0.2, -0.15) is 5.26 Å². The third-order valence-corrected chi connectivity index (χ3v) is 3.91. The van der Waals surface area contributed by atoms with Crippen molar-refractivity contribution in [2.24, 2.45) is 0 Å². The molecular weight excluding hydrogens is 326 g/mol. The molecule has 8 nitrogen and oxygen atoms in total. The lowest BCUT2D eigenvalue weighted by atomic mass is 9.90. The van der Waals surface area contributed by atoms with E-state index in [4.69, 9.17) is 10.00 Å². The highest BCUT2D eigenvalue weighted by Crippen LogP contribution is 2.28. The SMILES string of the molecule is CC(C)(C)OC(=O)N1Cc2cc(C#N)ccc2C[C@H]1[C@H](O)C[N+](=O)[O-]. The van der Waals surface area contributed by atoms with E-state index in [0.717, 1.165) is 11.1 Å². The van der Waals surface area contributed by atoms with E-state index in [-0.39, 0.29) is 13.0 Å². The monoisotopic (exact) mass is 347 g/mol. The highest BCUT2D eigenvalue weighted by Gasteiger charge is 2.38. The van der Waals surface area contributed by atoms with Gasteiger partial charge in [0.2, 0.25) is 6.54 Å². The molecule has 0 fully saturated rings. The van der Waals surface area contributed by atoms with Crippen molar-refractivity contribution in [3.63, 3.8) is 0 Å². The Morgan fingerprint density at radius 3 is 2.76 bits per heavy atom. The minimum atomic E-state index is -1.31. The van der Waals surface area contributed by atoms with E-state index >= 15 is 0 Å². The lowest BCUT2D eigenvalue weighted by Crippen LogP contribution is -2.53. The van der Waals surface area contributed by atoms with Crippen LogP contribution in [0.1, 0.15) is 37.5 Å². The second-order valence-corrected chi connectivity index (χ2v) is 7.06. The van der Waals surface area contributed by atoms with Gasteiger partial charge < -0.3 is 9.84 Å². The smallest absolute Gasteiger partial charge is 0.410 e. The van der Waals surface area contributed by atoms with Gasteiger partial charge in [0.15, 0.2) is 0 Å². The van der Waals surface area contributed by atoms with Crippen LogP contribution in [0.2, 0.25) is 0 Å². The van der Waals surface area contributed by atoms with Crippen LogP contribution in [0.3, 0.4) is 0 Å². The molecule has 0 bridgehead atoms. The van der Waals surface area contributed by atoms with Gasteiger partial charge in [0.25, 0.3) is 0 Å². The highest BCUT2D eigenvalue weighted by molar-refractivity contribution is 5.69. The van der Waals surface area contributed by atoms with Gasteiger partial charge in [0.05, 0.1) is 17.7 Å². The fourth-order valence-electron chi connectivity index (χ4n) is 2.82. The third kappa shape index (κ3) is 4.67. The van der Waals surface area contributed by atoms with E-state index in [2.05, 4.69) is 0 Å². The van der Waals surface area contributed by atoms with Gasteiger partial charge in [-0.1, -0.05) is 6.07 Å². The number of ether oxygens (including phenoxy) is 1. The number of nitro groups is 1. The van der Waals surface area contributed by atoms with Crippen LogP contribution in [0.4, 0.5) is 4.79 Å². The van der Waals surface area contributed by atoms with Gasteiger partial charge in [0, 0.05) is 11.5 Å². The van der Waals surface area contributed by atoms with Gasteiger partial charge in [-0.3, -0.25) is 15.0 Å². The number of carbonyl (C=O) groups excluding carboxylic acids is 1. The third-order valence-electron chi connectivity index (χ3n) is 3.91. The first kappa shape index (κ1) is 18.7. The summed E-state index contributed by atoms with van der Waals surface area (Å²) in [4.78, 5) is 24.0. The molecule has 1 aliphatic rings. The van der Waals surface area contributed by atoms with Crippen LogP contribution < -0.4 is 0 Å². The number of carbonyl (C=O) groups is 1. The second kappa shape index (κ2) is 7.07. The number of nitrogens with zero attached hydrogens (tertiary/aromatic N) is 3. The van der Waals surface area contributed by atoms with E-state index in [1.165, 1.54) is 4.90 Å². The number of fused-ring (bicyclic) bond motifs is 1. The predicted molar refractivity (Wildman–Crippen MR) is 88.3 cm³/mol. The summed E-state index contributed by atoms with van der Waals surface area (Å²) in [5.41, 5.74) is 1.36. The molecule has 0 spiro atoms. The zero-order valence-corrected chi connectivity index (χ0v) is 14.4. The summed E-state index contributed by atoms with van der Waals surface area (Å²) in [7, 11) is 0. The Morgan fingerprint density at radius 2 is 2.20 bits per heavy atom. The standard InChI is InChI=1S/C17H21N3O5/c1-17(2,3)25-16(22)19-9-13-6-11(8-18)4-5-12(13)7-14(19)15(21)10-20(23)24/h4-6,14-15,21H,7,9-10H2,1-3H3/t14-,15+/m0/s1. The van der Waals surface area contributed by atoms with E-state index in [1.54, 1.807) is 39.0 Å². The number of benzene rings is 1. The van der Waals surface area contributed by atoms with Crippen molar-refractivity contribution in [1.29, 1.82) is 5.26 Å². The largest absolute Gasteiger partial charge is 0.444 e. The molecule has 25 heavy (non-hydrogen) atoms. The van der Waals surface area contributed by atoms with E-state index in [9.17, 15) is 20.0 Å². The first-order valence-corrected chi connectivity index (χ1v) is 7.92. The Bertz CT molecular complexity index is 720. The first-order chi connectivity index (χ1) is 11.6. The topological polar surface area (TPSA) is 117 Å². The Balaban J connectivity index is 2.34. The van der Waals surface area contributed by atoms with Gasteiger partial charge in [0.1, 0.15) is 11.7 Å². The number of rotatable bonds is 3. The Labute approximate surface area is 145 Å². The van der Waals surface area contributed by atoms with Crippen LogP contribution in [-0.2, 0) is 17.7 Å². The van der Waals surface area contributed by atoms with Gasteiger partial charge in [-0.15, -0.1) is 0 Å². The van der Waals surface area contributed by atoms with Crippen LogP contribution in [-0.4, -0.2) is 45.3 Å². The van der Waals surface area contributed by atoms with Gasteiger partial charge in [-0.25, -0.2) is 4.79 Å². The summed E-state index contributed by atoms with van der Waals surface area (Å²) in [5.74, 6) is 0. The maximum atomic E-state index is 12.5. The zero-order valence-electron chi connectivity index (χ0n) is 14.4. The molecule has 0 aromatic heterocycles. The van der Waals surface area contributed by atoms with Crippen molar-refractivity contribution < 1.29 is 19.6 Å². The molecule has 2 atom stereocenters. The molecule has 0 radical (unpaired) electrons. The maximum Gasteiger partial charge on any atom is 0.410 e. The lowest BCUT2D eigenvalue weighted by molar-refractivity contribution is -0.491. The first-order valence-electron chi connectivity index (χ1n) is 7.92. The zero-order chi connectivity index (χ0) is 18.8. The Morgan fingerprint density at radius 1 is 1.52 bits per heavy atom. The van der Waals surface area contributed by atoms with Crippen molar-refractivity contribution in [2.45, 2.75) is 51.5 Å². The molecular formula is C17H21N3O5. The summed E-state index contributed by atoms with van der Waals surface area (Å²) in [6.07, 6.45) is -1.70. The average molecular weight is 347 g/mol. The fourth-order valence-corrected chi connectivity index (χ4v) is 2.82. The molecule has 1 aliphatic heterocycles. The normalized spacial score (nSPS) is 18.0. The van der Waals surface area contributed by atoms with Crippen molar-refractivity contribution in [1.82, 2.24) is 4.90 Å². The average Bonchev–Trinajstić information content (AvgIpc) is 2.50. The minimum absolute atomic E-state index is 0.124. The Hall–Kier alpha value is -2.66. The highest BCUT2D eigenvalue weighted by atomic mass is 16.6. The lowest BCUT2D eigenvalue weighted by Gasteiger charge is -2.39. The molecule has 2 rings (SSSR count). The molecule has 0 aliphatic carbocycles. The van der Waals surface area contributed by atoms with Crippen molar-refractivity contribution in [2.75, 3.05) is 6.54 Å². The number of amides is 1. The van der Waals surface area contributed by atoms with Crippen LogP contribution in [0.25, 0.3) is 0 Å². The number of hydrogen-bond donors (Lipinski definition) is 1. The fraction of sp³-hybridized carbons (Fsp3) is 0.529. The summed E-state index contributed by atoms with van der Waals surface area (Å²) in [5, 5.41) is 30.0. The second-order valence-electron chi connectivity index (χ2n) is 7.06. The summed E-state index contributed by atoms with van der Waals surface area (Å²) >= 11 is 0. The van der Waals surface area contributed by atoms with Crippen LogP contribution in [0, 0.1) is 21.4 Å². The molecule has 134 valence electrons. The molecule has 1 aromatic carbocycles. The molecule has 0 unspecified atom stereocenters. The number of aliphatic hydroxyl groups excluding tert-OH is 1. The van der Waals surface area contributed by atoms with Gasteiger partial charge in [-0.05, 0) is 50.5 Å². The van der Waals surface area contributed by atoms with Crippen LogP contribution in [0.5, 0.6) is 0 Å².